The molecule has 0 amide bonds. The lowest BCUT2D eigenvalue weighted by Crippen LogP contribution is -2.26. The summed E-state index contributed by atoms with van der Waals surface area (Å²) in [6.07, 6.45) is 0. The summed E-state index contributed by atoms with van der Waals surface area (Å²) in [5, 5.41) is 4.90. The van der Waals surface area contributed by atoms with Gasteiger partial charge in [-0.15, -0.1) is 0 Å². The van der Waals surface area contributed by atoms with E-state index in [0.717, 1.165) is 39.8 Å². The molecule has 0 radical (unpaired) electrons. The quantitative estimate of drug-likeness (QED) is 0.158. The van der Waals surface area contributed by atoms with Gasteiger partial charge in [-0.2, -0.15) is 0 Å². The fourth-order valence-electron chi connectivity index (χ4n) is 11.8. The standard InChI is InChI=1S/C65H43N3/c1-5-21-44(22-6-1)66(48-38-40-62-56(41-48)53-31-17-20-36-61(53)68(62)47-27-11-4-12-28-47)49-37-39-51-50-29-15-18-34-57(50)65(59(51)42-49)58-35-19-16-33-55(58)64-54-32-14-13-30-52(54)63(43-60(64)65)67(45-23-7-2-8-24-45)46-25-9-3-10-26-46/h1-43H. The summed E-state index contributed by atoms with van der Waals surface area (Å²) in [7, 11) is 0. The van der Waals surface area contributed by atoms with Gasteiger partial charge in [-0.1, -0.05) is 170 Å². The third-order valence-corrected chi connectivity index (χ3v) is 14.5. The second-order valence-corrected chi connectivity index (χ2v) is 18.0. The predicted octanol–water partition coefficient (Wildman–Crippen LogP) is 17.2. The zero-order chi connectivity index (χ0) is 44.8. The molecule has 318 valence electrons. The van der Waals surface area contributed by atoms with E-state index in [9.17, 15) is 0 Å². The zero-order valence-corrected chi connectivity index (χ0v) is 37.2. The number of anilines is 6. The Kier molecular flexibility index (Phi) is 8.50. The van der Waals surface area contributed by atoms with E-state index in [0.29, 0.717) is 0 Å². The largest absolute Gasteiger partial charge is 0.310 e. The van der Waals surface area contributed by atoms with Crippen LogP contribution in [0, 0.1) is 0 Å². The minimum atomic E-state index is -0.610. The Balaban J connectivity index is 1.05. The first kappa shape index (κ1) is 38.4. The summed E-state index contributed by atoms with van der Waals surface area (Å²) in [4.78, 5) is 4.89. The van der Waals surface area contributed by atoms with Gasteiger partial charge in [0.15, 0.2) is 0 Å². The van der Waals surface area contributed by atoms with Crippen molar-refractivity contribution < 1.29 is 0 Å². The van der Waals surface area contributed by atoms with Crippen molar-refractivity contribution in [2.75, 3.05) is 9.80 Å². The molecule has 1 spiro atoms. The normalized spacial score (nSPS) is 14.2. The number of aromatic nitrogens is 1. The molecule has 3 nitrogen and oxygen atoms in total. The van der Waals surface area contributed by atoms with E-state index < -0.39 is 5.41 Å². The van der Waals surface area contributed by atoms with E-state index in [4.69, 9.17) is 0 Å². The van der Waals surface area contributed by atoms with Crippen LogP contribution in [0.1, 0.15) is 22.3 Å². The van der Waals surface area contributed by atoms with E-state index in [1.807, 2.05) is 0 Å². The van der Waals surface area contributed by atoms with Crippen LogP contribution in [-0.2, 0) is 5.41 Å². The number of rotatable bonds is 7. The van der Waals surface area contributed by atoms with Gasteiger partial charge >= 0.3 is 0 Å². The smallest absolute Gasteiger partial charge is 0.0727 e. The molecular weight excluding hydrogens is 823 g/mol. The van der Waals surface area contributed by atoms with E-state index in [1.165, 1.54) is 77.1 Å². The highest BCUT2D eigenvalue weighted by Gasteiger charge is 2.52. The van der Waals surface area contributed by atoms with Gasteiger partial charge < -0.3 is 14.4 Å². The van der Waals surface area contributed by atoms with Crippen LogP contribution < -0.4 is 9.80 Å². The summed E-state index contributed by atoms with van der Waals surface area (Å²) in [5.74, 6) is 0. The number of hydrogen-bond acceptors (Lipinski definition) is 2. The van der Waals surface area contributed by atoms with Crippen LogP contribution in [0.5, 0.6) is 0 Å². The summed E-state index contributed by atoms with van der Waals surface area (Å²) >= 11 is 0. The van der Waals surface area contributed by atoms with Gasteiger partial charge in [0.2, 0.25) is 0 Å². The Bertz CT molecular complexity index is 3870. The molecule has 68 heavy (non-hydrogen) atoms. The van der Waals surface area contributed by atoms with Crippen molar-refractivity contribution in [2.45, 2.75) is 5.41 Å². The molecule has 1 atom stereocenters. The van der Waals surface area contributed by atoms with Crippen molar-refractivity contribution in [1.82, 2.24) is 4.57 Å². The highest BCUT2D eigenvalue weighted by Crippen LogP contribution is 2.65. The first-order chi connectivity index (χ1) is 33.8. The predicted molar refractivity (Wildman–Crippen MR) is 284 cm³/mol. The van der Waals surface area contributed by atoms with Crippen LogP contribution in [0.2, 0.25) is 0 Å². The lowest BCUT2D eigenvalue weighted by atomic mass is 9.70. The SMILES string of the molecule is c1ccc(N(c2ccc3c(c2)C2(c4ccccc4-3)c3ccccc3-c3c2cc(N(c2ccccc2)c2ccccc2)c2ccccc32)c2ccc3c(c2)c2ccccc2n3-c2ccccc2)cc1. The molecular formula is C65H43N3. The Morgan fingerprint density at radius 1 is 0.279 bits per heavy atom. The number of para-hydroxylation sites is 5. The van der Waals surface area contributed by atoms with Crippen molar-refractivity contribution in [3.05, 3.63) is 283 Å². The molecule has 1 unspecified atom stereocenters. The number of hydrogen-bond donors (Lipinski definition) is 0. The number of benzene rings is 11. The third-order valence-electron chi connectivity index (χ3n) is 14.5. The van der Waals surface area contributed by atoms with Crippen molar-refractivity contribution in [3.8, 4) is 27.9 Å². The van der Waals surface area contributed by atoms with Gasteiger partial charge in [0.25, 0.3) is 0 Å². The Morgan fingerprint density at radius 3 is 1.46 bits per heavy atom. The molecule has 1 heterocycles. The highest BCUT2D eigenvalue weighted by molar-refractivity contribution is 6.13. The van der Waals surface area contributed by atoms with Crippen molar-refractivity contribution in [3.63, 3.8) is 0 Å². The maximum Gasteiger partial charge on any atom is 0.0727 e. The molecule has 12 aromatic rings. The van der Waals surface area contributed by atoms with Crippen molar-refractivity contribution in [2.24, 2.45) is 0 Å². The average Bonchev–Trinajstić information content (AvgIpc) is 4.01. The number of nitrogens with zero attached hydrogens (tertiary/aromatic N) is 3. The van der Waals surface area contributed by atoms with E-state index in [-0.39, 0.29) is 0 Å². The Morgan fingerprint density at radius 2 is 0.765 bits per heavy atom. The van der Waals surface area contributed by atoms with E-state index in [1.54, 1.807) is 0 Å². The van der Waals surface area contributed by atoms with Crippen LogP contribution in [0.15, 0.2) is 261 Å². The highest BCUT2D eigenvalue weighted by atomic mass is 15.1. The molecule has 2 aliphatic rings. The minimum absolute atomic E-state index is 0.610. The van der Waals surface area contributed by atoms with Crippen LogP contribution in [-0.4, -0.2) is 4.57 Å². The van der Waals surface area contributed by atoms with Gasteiger partial charge in [-0.3, -0.25) is 0 Å². The van der Waals surface area contributed by atoms with Gasteiger partial charge in [0.05, 0.1) is 22.1 Å². The van der Waals surface area contributed by atoms with Crippen LogP contribution in [0.25, 0.3) is 60.5 Å². The maximum atomic E-state index is 2.53. The van der Waals surface area contributed by atoms with Crippen molar-refractivity contribution >= 4 is 66.7 Å². The van der Waals surface area contributed by atoms with Gasteiger partial charge in [-0.05, 0) is 141 Å². The van der Waals surface area contributed by atoms with Gasteiger partial charge in [0, 0.05) is 50.3 Å². The van der Waals surface area contributed by atoms with E-state index in [2.05, 4.69) is 275 Å². The van der Waals surface area contributed by atoms with Crippen LogP contribution in [0.4, 0.5) is 34.1 Å². The molecule has 0 saturated carbocycles. The maximum absolute atomic E-state index is 2.53. The fourth-order valence-corrected chi connectivity index (χ4v) is 11.8. The minimum Gasteiger partial charge on any atom is -0.310 e. The van der Waals surface area contributed by atoms with Gasteiger partial charge in [0.1, 0.15) is 0 Å². The molecule has 3 heteroatoms. The monoisotopic (exact) mass is 865 g/mol. The average molecular weight is 866 g/mol. The molecule has 11 aromatic carbocycles. The molecule has 0 aliphatic heterocycles. The summed E-state index contributed by atoms with van der Waals surface area (Å²) in [6.45, 7) is 0. The zero-order valence-electron chi connectivity index (χ0n) is 37.2. The molecule has 0 saturated heterocycles. The molecule has 14 rings (SSSR count). The molecule has 1 aromatic heterocycles. The topological polar surface area (TPSA) is 11.4 Å². The first-order valence-corrected chi connectivity index (χ1v) is 23.5. The van der Waals surface area contributed by atoms with E-state index >= 15 is 0 Å². The third kappa shape index (κ3) is 5.47. The summed E-state index contributed by atoms with van der Waals surface area (Å²) in [5.41, 5.74) is 19.9. The summed E-state index contributed by atoms with van der Waals surface area (Å²) in [6, 6.07) is 96.1. The Labute approximate surface area is 395 Å². The molecule has 0 N–H and O–H groups in total. The van der Waals surface area contributed by atoms with Crippen LogP contribution in [0.3, 0.4) is 0 Å². The van der Waals surface area contributed by atoms with Crippen molar-refractivity contribution in [1.29, 1.82) is 0 Å². The second kappa shape index (κ2) is 15.1. The van der Waals surface area contributed by atoms with Gasteiger partial charge in [-0.25, -0.2) is 0 Å². The molecule has 0 bridgehead atoms. The lowest BCUT2D eigenvalue weighted by molar-refractivity contribution is 0.794. The van der Waals surface area contributed by atoms with Crippen LogP contribution >= 0.6 is 0 Å². The first-order valence-electron chi connectivity index (χ1n) is 23.5. The number of fused-ring (bicyclic) bond motifs is 15. The lowest BCUT2D eigenvalue weighted by Gasteiger charge is -2.34. The Hall–Kier alpha value is -8.92. The summed E-state index contributed by atoms with van der Waals surface area (Å²) < 4.78 is 2.39. The molecule has 2 aliphatic carbocycles. The second-order valence-electron chi connectivity index (χ2n) is 18.0. The fraction of sp³-hybridized carbons (Fsp3) is 0.0154. The molecule has 0 fully saturated rings.